The summed E-state index contributed by atoms with van der Waals surface area (Å²) in [5.74, 6) is -2.18. The molecule has 4 rings (SSSR count). The number of anilines is 1. The Bertz CT molecular complexity index is 1140. The number of ketones is 1. The van der Waals surface area contributed by atoms with E-state index in [9.17, 15) is 19.1 Å². The van der Waals surface area contributed by atoms with Crippen molar-refractivity contribution in [1.82, 2.24) is 4.90 Å². The fourth-order valence-corrected chi connectivity index (χ4v) is 4.38. The number of hydrogen-bond acceptors (Lipinski definition) is 5. The van der Waals surface area contributed by atoms with Crippen LogP contribution in [0.25, 0.3) is 5.76 Å². The number of halogens is 1. The third-order valence-corrected chi connectivity index (χ3v) is 6.15. The summed E-state index contributed by atoms with van der Waals surface area (Å²) in [4.78, 5) is 30.3. The molecule has 158 valence electrons. The van der Waals surface area contributed by atoms with Crippen LogP contribution in [-0.4, -0.2) is 35.8 Å². The fourth-order valence-electron chi connectivity index (χ4n) is 3.68. The zero-order valence-electron chi connectivity index (χ0n) is 17.1. The number of Topliss-reactive ketones (excluding diaryl/α,β-unsaturated/α-hetero) is 1. The van der Waals surface area contributed by atoms with E-state index < -0.39 is 23.5 Å². The van der Waals surface area contributed by atoms with Crippen molar-refractivity contribution in [3.63, 3.8) is 0 Å². The molecule has 1 N–H and O–H groups in total. The molecule has 3 aromatic rings. The summed E-state index contributed by atoms with van der Waals surface area (Å²) in [5, 5.41) is 12.9. The van der Waals surface area contributed by atoms with Crippen molar-refractivity contribution in [2.45, 2.75) is 12.6 Å². The van der Waals surface area contributed by atoms with Crippen LogP contribution in [0.1, 0.15) is 22.0 Å². The lowest BCUT2D eigenvalue weighted by Crippen LogP contribution is -2.28. The van der Waals surface area contributed by atoms with E-state index in [0.29, 0.717) is 5.56 Å². The van der Waals surface area contributed by atoms with Crippen LogP contribution in [0.5, 0.6) is 0 Å². The summed E-state index contributed by atoms with van der Waals surface area (Å²) in [6.07, 6.45) is 0. The smallest absolute Gasteiger partial charge is 0.295 e. The van der Waals surface area contributed by atoms with Crippen molar-refractivity contribution in [3.05, 3.63) is 93.4 Å². The molecular weight excluding hydrogens is 415 g/mol. The predicted molar refractivity (Wildman–Crippen MR) is 119 cm³/mol. The number of likely N-dealkylation sites (tertiary alicyclic amines) is 1. The van der Waals surface area contributed by atoms with Crippen LogP contribution in [0.2, 0.25) is 0 Å². The normalized spacial score (nSPS) is 17.9. The van der Waals surface area contributed by atoms with E-state index in [-0.39, 0.29) is 23.4 Å². The zero-order valence-corrected chi connectivity index (χ0v) is 17.9. The first-order valence-electron chi connectivity index (χ1n) is 9.71. The van der Waals surface area contributed by atoms with E-state index in [2.05, 4.69) is 0 Å². The van der Waals surface area contributed by atoms with Crippen molar-refractivity contribution in [2.75, 3.05) is 19.0 Å². The Morgan fingerprint density at radius 1 is 1.06 bits per heavy atom. The van der Waals surface area contributed by atoms with Gasteiger partial charge in [0, 0.05) is 30.2 Å². The second-order valence-corrected chi connectivity index (χ2v) is 8.53. The van der Waals surface area contributed by atoms with Gasteiger partial charge in [-0.2, -0.15) is 0 Å². The molecule has 0 radical (unpaired) electrons. The third kappa shape index (κ3) is 3.96. The predicted octanol–water partition coefficient (Wildman–Crippen LogP) is 4.58. The van der Waals surface area contributed by atoms with Gasteiger partial charge in [-0.25, -0.2) is 4.39 Å². The monoisotopic (exact) mass is 436 g/mol. The molecule has 2 heterocycles. The van der Waals surface area contributed by atoms with E-state index in [4.69, 9.17) is 0 Å². The van der Waals surface area contributed by atoms with Crippen LogP contribution < -0.4 is 4.90 Å². The summed E-state index contributed by atoms with van der Waals surface area (Å²) in [7, 11) is 3.85. The van der Waals surface area contributed by atoms with Crippen LogP contribution in [0.3, 0.4) is 0 Å². The Balaban J connectivity index is 1.84. The second kappa shape index (κ2) is 8.35. The zero-order chi connectivity index (χ0) is 22.1. The Morgan fingerprint density at radius 3 is 2.32 bits per heavy atom. The topological polar surface area (TPSA) is 60.9 Å². The summed E-state index contributed by atoms with van der Waals surface area (Å²) < 4.78 is 13.4. The highest BCUT2D eigenvalue weighted by atomic mass is 32.1. The van der Waals surface area contributed by atoms with Crippen LogP contribution in [0.15, 0.2) is 71.6 Å². The van der Waals surface area contributed by atoms with Gasteiger partial charge in [0.1, 0.15) is 11.6 Å². The molecule has 0 aliphatic carbocycles. The lowest BCUT2D eigenvalue weighted by Gasteiger charge is -2.25. The maximum absolute atomic E-state index is 13.4. The van der Waals surface area contributed by atoms with E-state index in [1.807, 2.05) is 60.8 Å². The van der Waals surface area contributed by atoms with Crippen molar-refractivity contribution < 1.29 is 19.1 Å². The van der Waals surface area contributed by atoms with Gasteiger partial charge in [-0.15, -0.1) is 11.3 Å². The summed E-state index contributed by atoms with van der Waals surface area (Å²) in [5.41, 5.74) is 1.97. The lowest BCUT2D eigenvalue weighted by atomic mass is 9.95. The number of hydrogen-bond donors (Lipinski definition) is 1. The first-order chi connectivity index (χ1) is 14.9. The molecule has 1 aliphatic rings. The Morgan fingerprint density at radius 2 is 1.74 bits per heavy atom. The first-order valence-corrected chi connectivity index (χ1v) is 10.6. The largest absolute Gasteiger partial charge is 0.507 e. The molecule has 5 nitrogen and oxygen atoms in total. The highest BCUT2D eigenvalue weighted by Gasteiger charge is 2.46. The Labute approximate surface area is 183 Å². The quantitative estimate of drug-likeness (QED) is 0.361. The van der Waals surface area contributed by atoms with E-state index in [1.165, 1.54) is 40.5 Å². The highest BCUT2D eigenvalue weighted by Crippen LogP contribution is 2.41. The number of aliphatic hydroxyl groups is 1. The van der Waals surface area contributed by atoms with Gasteiger partial charge in [-0.3, -0.25) is 9.59 Å². The fraction of sp³-hybridized carbons (Fsp3) is 0.167. The van der Waals surface area contributed by atoms with E-state index in [0.717, 1.165) is 10.6 Å². The molecule has 1 unspecified atom stereocenters. The molecule has 1 fully saturated rings. The van der Waals surface area contributed by atoms with Crippen LogP contribution in [-0.2, 0) is 16.1 Å². The number of nitrogens with zero attached hydrogens (tertiary/aromatic N) is 2. The lowest BCUT2D eigenvalue weighted by molar-refractivity contribution is -0.140. The number of benzene rings is 2. The minimum atomic E-state index is -0.750. The molecule has 0 bridgehead atoms. The minimum absolute atomic E-state index is 0.00534. The summed E-state index contributed by atoms with van der Waals surface area (Å²) in [6.45, 7) is 0.253. The van der Waals surface area contributed by atoms with Crippen molar-refractivity contribution in [1.29, 1.82) is 0 Å². The van der Waals surface area contributed by atoms with Gasteiger partial charge in [0.15, 0.2) is 0 Å². The summed E-state index contributed by atoms with van der Waals surface area (Å²) >= 11 is 1.49. The molecule has 7 heteroatoms. The maximum atomic E-state index is 13.4. The van der Waals surface area contributed by atoms with Gasteiger partial charge in [-0.05, 0) is 53.4 Å². The van der Waals surface area contributed by atoms with Gasteiger partial charge >= 0.3 is 0 Å². The van der Waals surface area contributed by atoms with Gasteiger partial charge in [0.25, 0.3) is 11.7 Å². The number of amides is 1. The number of rotatable bonds is 5. The van der Waals surface area contributed by atoms with Crippen LogP contribution >= 0.6 is 11.3 Å². The summed E-state index contributed by atoms with van der Waals surface area (Å²) in [6, 6.07) is 15.7. The maximum Gasteiger partial charge on any atom is 0.295 e. The molecule has 2 aromatic carbocycles. The Kier molecular flexibility index (Phi) is 5.61. The number of carbonyl (C=O) groups is 2. The molecule has 31 heavy (non-hydrogen) atoms. The van der Waals surface area contributed by atoms with E-state index in [1.54, 1.807) is 0 Å². The number of carbonyl (C=O) groups excluding carboxylic acids is 2. The van der Waals surface area contributed by atoms with Crippen molar-refractivity contribution in [3.8, 4) is 0 Å². The van der Waals surface area contributed by atoms with Crippen molar-refractivity contribution >= 4 is 34.5 Å². The number of thiophene rings is 1. The first kappa shape index (κ1) is 20.8. The average molecular weight is 437 g/mol. The second-order valence-electron chi connectivity index (χ2n) is 7.50. The number of aliphatic hydroxyl groups excluding tert-OH is 1. The van der Waals surface area contributed by atoms with Gasteiger partial charge in [0.2, 0.25) is 0 Å². The third-order valence-electron chi connectivity index (χ3n) is 5.29. The van der Waals surface area contributed by atoms with Gasteiger partial charge in [-0.1, -0.05) is 18.2 Å². The molecule has 1 saturated heterocycles. The minimum Gasteiger partial charge on any atom is -0.507 e. The van der Waals surface area contributed by atoms with Crippen LogP contribution in [0, 0.1) is 5.82 Å². The van der Waals surface area contributed by atoms with Crippen molar-refractivity contribution in [2.24, 2.45) is 0 Å². The standard InChI is InChI=1S/C24H21FN2O3S/c1-26(2)18-11-7-15(8-12-18)21-20(22(28)16-5-9-17(25)10-6-16)23(29)24(30)27(21)14-19-4-3-13-31-19/h3-13,21,28H,14H2,1-2H3/b22-20+. The van der Waals surface area contributed by atoms with Gasteiger partial charge in [0.05, 0.1) is 18.2 Å². The molecule has 1 amide bonds. The molecular formula is C24H21FN2O3S. The van der Waals surface area contributed by atoms with Crippen LogP contribution in [0.4, 0.5) is 10.1 Å². The molecule has 1 atom stereocenters. The molecule has 0 spiro atoms. The van der Waals surface area contributed by atoms with Gasteiger partial charge < -0.3 is 14.9 Å². The average Bonchev–Trinajstić information content (AvgIpc) is 3.36. The molecule has 0 saturated carbocycles. The highest BCUT2D eigenvalue weighted by molar-refractivity contribution is 7.09. The Hall–Kier alpha value is -3.45. The molecule has 1 aromatic heterocycles. The molecule has 1 aliphatic heterocycles. The SMILES string of the molecule is CN(C)c1ccc(C2/C(=C(\O)c3ccc(F)cc3)C(=O)C(=O)N2Cc2cccs2)cc1. The van der Waals surface area contributed by atoms with E-state index >= 15 is 0 Å².